The van der Waals surface area contributed by atoms with Crippen molar-refractivity contribution in [1.29, 1.82) is 0 Å². The highest BCUT2D eigenvalue weighted by Crippen LogP contribution is 2.28. The molecule has 158 valence electrons. The summed E-state index contributed by atoms with van der Waals surface area (Å²) >= 11 is 3.77. The zero-order valence-electron chi connectivity index (χ0n) is 16.1. The number of nitro groups is 1. The van der Waals surface area contributed by atoms with Crippen molar-refractivity contribution in [1.82, 2.24) is 14.5 Å². The van der Waals surface area contributed by atoms with E-state index in [2.05, 4.69) is 15.3 Å². The normalized spacial score (nSPS) is 11.0. The van der Waals surface area contributed by atoms with Gasteiger partial charge in [0.25, 0.3) is 11.2 Å². The number of carbonyl (C=O) groups is 1. The van der Waals surface area contributed by atoms with Gasteiger partial charge in [0.15, 0.2) is 10.3 Å². The number of hydrogen-bond donors (Lipinski definition) is 1. The second-order valence-electron chi connectivity index (χ2n) is 6.26. The van der Waals surface area contributed by atoms with E-state index in [0.29, 0.717) is 38.3 Å². The molecular formula is C19H15N5O4S3. The molecule has 0 fully saturated rings. The van der Waals surface area contributed by atoms with Gasteiger partial charge in [-0.2, -0.15) is 0 Å². The number of nitrogens with one attached hydrogen (secondary N) is 1. The number of amides is 1. The second-order valence-corrected chi connectivity index (χ2v) is 8.98. The summed E-state index contributed by atoms with van der Waals surface area (Å²) in [5.74, 6) is -0.222. The van der Waals surface area contributed by atoms with Crippen molar-refractivity contribution in [3.05, 3.63) is 61.6 Å². The Morgan fingerprint density at radius 2 is 2.13 bits per heavy atom. The number of hydrogen-bond acceptors (Lipinski definition) is 9. The predicted molar refractivity (Wildman–Crippen MR) is 123 cm³/mol. The average molecular weight is 474 g/mol. The summed E-state index contributed by atoms with van der Waals surface area (Å²) in [6.45, 7) is 2.32. The fourth-order valence-electron chi connectivity index (χ4n) is 2.84. The van der Waals surface area contributed by atoms with Gasteiger partial charge in [-0.25, -0.2) is 9.97 Å². The first-order valence-corrected chi connectivity index (χ1v) is 11.8. The minimum absolute atomic E-state index is 0.0236. The van der Waals surface area contributed by atoms with Crippen LogP contribution in [0.2, 0.25) is 0 Å². The lowest BCUT2D eigenvalue weighted by atomic mass is 10.1. The molecule has 3 aromatic heterocycles. The van der Waals surface area contributed by atoms with Crippen LogP contribution in [0.4, 0.5) is 10.8 Å². The van der Waals surface area contributed by atoms with Crippen LogP contribution in [-0.4, -0.2) is 31.1 Å². The lowest BCUT2D eigenvalue weighted by molar-refractivity contribution is -0.384. The number of fused-ring (bicyclic) bond motifs is 1. The van der Waals surface area contributed by atoms with Crippen LogP contribution < -0.4 is 10.9 Å². The topological polar surface area (TPSA) is 120 Å². The van der Waals surface area contributed by atoms with Crippen molar-refractivity contribution in [3.63, 3.8) is 0 Å². The van der Waals surface area contributed by atoms with Gasteiger partial charge in [0.2, 0.25) is 5.91 Å². The largest absolute Gasteiger partial charge is 0.301 e. The molecule has 1 N–H and O–H groups in total. The van der Waals surface area contributed by atoms with E-state index in [1.165, 1.54) is 46.6 Å². The molecule has 0 saturated carbocycles. The molecule has 0 unspecified atom stereocenters. The summed E-state index contributed by atoms with van der Waals surface area (Å²) in [6.07, 6.45) is 0. The van der Waals surface area contributed by atoms with Gasteiger partial charge >= 0.3 is 0 Å². The summed E-state index contributed by atoms with van der Waals surface area (Å²) in [5.41, 5.74) is 1.64. The Bertz CT molecular complexity index is 1340. The first-order valence-electron chi connectivity index (χ1n) is 9.07. The van der Waals surface area contributed by atoms with E-state index in [1.807, 2.05) is 12.3 Å². The van der Waals surface area contributed by atoms with Gasteiger partial charge in [0, 0.05) is 29.6 Å². The SMILES string of the molecule is CCn1c(SCC(=O)Nc2nc(-c3cccc([N+](=O)[O-])c3)cs2)nc2ccsc2c1=O. The maximum atomic E-state index is 12.5. The zero-order valence-corrected chi connectivity index (χ0v) is 18.6. The van der Waals surface area contributed by atoms with Crippen molar-refractivity contribution < 1.29 is 9.72 Å². The summed E-state index contributed by atoms with van der Waals surface area (Å²) in [6, 6.07) is 7.95. The molecule has 1 amide bonds. The quantitative estimate of drug-likeness (QED) is 0.184. The highest BCUT2D eigenvalue weighted by atomic mass is 32.2. The molecule has 0 spiro atoms. The summed E-state index contributed by atoms with van der Waals surface area (Å²) < 4.78 is 2.16. The van der Waals surface area contributed by atoms with Gasteiger partial charge in [0.05, 0.1) is 21.9 Å². The van der Waals surface area contributed by atoms with Crippen LogP contribution in [0.1, 0.15) is 6.92 Å². The van der Waals surface area contributed by atoms with Gasteiger partial charge in [0.1, 0.15) is 4.70 Å². The molecule has 12 heteroatoms. The zero-order chi connectivity index (χ0) is 22.0. The van der Waals surface area contributed by atoms with Crippen molar-refractivity contribution in [2.75, 3.05) is 11.1 Å². The van der Waals surface area contributed by atoms with E-state index < -0.39 is 4.92 Å². The summed E-state index contributed by atoms with van der Waals surface area (Å²) in [5, 5.41) is 18.1. The molecule has 9 nitrogen and oxygen atoms in total. The maximum Gasteiger partial charge on any atom is 0.272 e. The molecule has 0 aliphatic heterocycles. The Balaban J connectivity index is 1.45. The fourth-order valence-corrected chi connectivity index (χ4v) is 5.22. The number of aromatic nitrogens is 3. The highest BCUT2D eigenvalue weighted by molar-refractivity contribution is 7.99. The van der Waals surface area contributed by atoms with E-state index >= 15 is 0 Å². The number of thiazole rings is 1. The Labute approximate surface area is 187 Å². The van der Waals surface area contributed by atoms with Crippen LogP contribution in [-0.2, 0) is 11.3 Å². The fraction of sp³-hybridized carbons (Fsp3) is 0.158. The first-order chi connectivity index (χ1) is 15.0. The number of nitro benzene ring substituents is 1. The third-order valence-electron chi connectivity index (χ3n) is 4.28. The van der Waals surface area contributed by atoms with Crippen molar-refractivity contribution in [2.45, 2.75) is 18.6 Å². The highest BCUT2D eigenvalue weighted by Gasteiger charge is 2.15. The van der Waals surface area contributed by atoms with Crippen LogP contribution in [0.25, 0.3) is 21.5 Å². The second kappa shape index (κ2) is 8.96. The third-order valence-corrected chi connectivity index (χ3v) is 6.91. The van der Waals surface area contributed by atoms with Crippen molar-refractivity contribution in [3.8, 4) is 11.3 Å². The van der Waals surface area contributed by atoms with Crippen molar-refractivity contribution in [2.24, 2.45) is 0 Å². The maximum absolute atomic E-state index is 12.5. The third kappa shape index (κ3) is 4.50. The van der Waals surface area contributed by atoms with E-state index in [-0.39, 0.29) is 22.9 Å². The first kappa shape index (κ1) is 21.2. The van der Waals surface area contributed by atoms with Crippen LogP contribution in [0.5, 0.6) is 0 Å². The molecule has 4 rings (SSSR count). The van der Waals surface area contributed by atoms with E-state index in [0.717, 1.165) is 0 Å². The molecule has 0 saturated heterocycles. The van der Waals surface area contributed by atoms with E-state index in [4.69, 9.17) is 0 Å². The lowest BCUT2D eigenvalue weighted by Crippen LogP contribution is -2.22. The Hall–Kier alpha value is -3.09. The number of rotatable bonds is 7. The smallest absolute Gasteiger partial charge is 0.272 e. The van der Waals surface area contributed by atoms with E-state index in [9.17, 15) is 19.7 Å². The van der Waals surface area contributed by atoms with Gasteiger partial charge in [-0.15, -0.1) is 22.7 Å². The van der Waals surface area contributed by atoms with Crippen LogP contribution >= 0.6 is 34.4 Å². The number of benzene rings is 1. The Morgan fingerprint density at radius 3 is 2.90 bits per heavy atom. The van der Waals surface area contributed by atoms with Gasteiger partial charge in [-0.05, 0) is 18.4 Å². The van der Waals surface area contributed by atoms with Crippen molar-refractivity contribution >= 4 is 61.4 Å². The molecule has 3 heterocycles. The van der Waals surface area contributed by atoms with Gasteiger partial charge in [-0.3, -0.25) is 24.3 Å². The molecule has 0 atom stereocenters. The standard InChI is InChI=1S/C19H15N5O4S3/c1-2-23-17(26)16-13(6-7-29-16)21-19(23)31-10-15(25)22-18-20-14(9-30-18)11-4-3-5-12(8-11)24(27)28/h3-9H,2,10H2,1H3,(H,20,22,25). The Morgan fingerprint density at radius 1 is 1.29 bits per heavy atom. The number of anilines is 1. The summed E-state index contributed by atoms with van der Waals surface area (Å²) in [4.78, 5) is 44.3. The lowest BCUT2D eigenvalue weighted by Gasteiger charge is -2.09. The molecule has 1 aromatic carbocycles. The van der Waals surface area contributed by atoms with E-state index in [1.54, 1.807) is 28.1 Å². The molecule has 0 radical (unpaired) electrons. The average Bonchev–Trinajstić information content (AvgIpc) is 3.42. The predicted octanol–water partition coefficient (Wildman–Crippen LogP) is 4.24. The minimum atomic E-state index is -0.465. The number of non-ortho nitro benzene ring substituents is 1. The van der Waals surface area contributed by atoms with Gasteiger partial charge in [-0.1, -0.05) is 23.9 Å². The minimum Gasteiger partial charge on any atom is -0.301 e. The number of nitrogens with zero attached hydrogens (tertiary/aromatic N) is 4. The van der Waals surface area contributed by atoms with Crippen LogP contribution in [0.3, 0.4) is 0 Å². The molecule has 0 bridgehead atoms. The Kier molecular flexibility index (Phi) is 6.11. The number of thiophene rings is 1. The van der Waals surface area contributed by atoms with Crippen LogP contribution in [0, 0.1) is 10.1 Å². The monoisotopic (exact) mass is 473 g/mol. The van der Waals surface area contributed by atoms with Gasteiger partial charge < -0.3 is 5.32 Å². The number of thioether (sulfide) groups is 1. The summed E-state index contributed by atoms with van der Waals surface area (Å²) in [7, 11) is 0. The molecule has 0 aliphatic carbocycles. The van der Waals surface area contributed by atoms with Crippen LogP contribution in [0.15, 0.2) is 51.0 Å². The number of carbonyl (C=O) groups excluding carboxylic acids is 1. The molecule has 4 aromatic rings. The molecule has 0 aliphatic rings. The molecule has 31 heavy (non-hydrogen) atoms. The molecular weight excluding hydrogens is 458 g/mol.